The molecule has 1 aromatic rings. The normalized spacial score (nSPS) is 31.7. The topological polar surface area (TPSA) is 127 Å². The highest BCUT2D eigenvalue weighted by molar-refractivity contribution is 7.81. The van der Waals surface area contributed by atoms with Gasteiger partial charge in [-0.05, 0) is 79.4 Å². The molecule has 3 rings (SSSR count). The maximum Gasteiger partial charge on any atom is 0.446 e. The molecule has 2 aliphatic carbocycles. The van der Waals surface area contributed by atoms with Crippen LogP contribution >= 0.6 is 0 Å². The van der Waals surface area contributed by atoms with Crippen LogP contribution in [-0.4, -0.2) is 25.9 Å². The predicted octanol–water partition coefficient (Wildman–Crippen LogP) is 4.39. The van der Waals surface area contributed by atoms with Gasteiger partial charge in [0.1, 0.15) is 11.5 Å². The molecule has 174 valence electrons. The fraction of sp³-hybridized carbons (Fsp3) is 0.619. The molecular weight excluding hydrogens is 444 g/mol. The van der Waals surface area contributed by atoms with Gasteiger partial charge in [-0.2, -0.15) is 16.8 Å². The smallest absolute Gasteiger partial charge is 0.362 e. The first-order chi connectivity index (χ1) is 14.1. The van der Waals surface area contributed by atoms with E-state index < -0.39 is 20.8 Å². The molecule has 8 nitrogen and oxygen atoms in total. The molecule has 2 saturated carbocycles. The zero-order chi connectivity index (χ0) is 23.2. The lowest BCUT2D eigenvalue weighted by Gasteiger charge is -2.59. The van der Waals surface area contributed by atoms with Gasteiger partial charge in [0.25, 0.3) is 0 Å². The number of fused-ring (bicyclic) bond motifs is 1. The van der Waals surface area contributed by atoms with Crippen LogP contribution in [0, 0.1) is 22.7 Å². The minimum absolute atomic E-state index is 0.0356. The molecule has 0 unspecified atom stereocenters. The van der Waals surface area contributed by atoms with Crippen LogP contribution in [0.1, 0.15) is 58.4 Å². The van der Waals surface area contributed by atoms with Gasteiger partial charge in [-0.15, -0.1) is 0 Å². The van der Waals surface area contributed by atoms with E-state index in [1.807, 2.05) is 0 Å². The van der Waals surface area contributed by atoms with Crippen molar-refractivity contribution in [1.29, 1.82) is 0 Å². The molecule has 4 atom stereocenters. The second kappa shape index (κ2) is 8.06. The van der Waals surface area contributed by atoms with E-state index in [-0.39, 0.29) is 28.2 Å². The van der Waals surface area contributed by atoms with Crippen LogP contribution in [0.3, 0.4) is 0 Å². The van der Waals surface area contributed by atoms with Crippen LogP contribution in [0.5, 0.6) is 11.5 Å². The van der Waals surface area contributed by atoms with E-state index >= 15 is 0 Å². The van der Waals surface area contributed by atoms with Crippen molar-refractivity contribution >= 4 is 20.8 Å². The Morgan fingerprint density at radius 1 is 1.10 bits per heavy atom. The first kappa shape index (κ1) is 24.0. The molecular formula is C21H30O8S2. The van der Waals surface area contributed by atoms with Gasteiger partial charge in [0.05, 0.1) is 0 Å². The molecule has 31 heavy (non-hydrogen) atoms. The third-order valence-electron chi connectivity index (χ3n) is 7.57. The summed E-state index contributed by atoms with van der Waals surface area (Å²) < 4.78 is 72.6. The summed E-state index contributed by atoms with van der Waals surface area (Å²) in [6.07, 6.45) is 5.40. The lowest BCUT2D eigenvalue weighted by Crippen LogP contribution is -2.51. The minimum atomic E-state index is -4.79. The van der Waals surface area contributed by atoms with E-state index in [0.717, 1.165) is 38.2 Å². The van der Waals surface area contributed by atoms with Gasteiger partial charge in [-0.1, -0.05) is 32.9 Å². The number of hydrogen-bond donors (Lipinski definition) is 2. The average Bonchev–Trinajstić information content (AvgIpc) is 2.61. The van der Waals surface area contributed by atoms with Crippen molar-refractivity contribution in [3.8, 4) is 11.5 Å². The monoisotopic (exact) mass is 474 g/mol. The van der Waals surface area contributed by atoms with E-state index in [1.54, 1.807) is 0 Å². The standard InChI is InChI=1S/C21H30O8S2/c1-14-6-5-7-19-20(14,3)11-10-15(2)21(19,4)13-16-12-17(28-30(22,23)24)8-9-18(16)29-31(25,26)27/h8-9,12,15,19H,1,5-7,10-11,13H2,2-4H3,(H,22,23,24)(H,25,26,27)/t15-,19-,20-,21-/m1/s1. The molecule has 0 spiro atoms. The highest BCUT2D eigenvalue weighted by atomic mass is 32.3. The quantitative estimate of drug-likeness (QED) is 0.459. The molecule has 0 aromatic heterocycles. The summed E-state index contributed by atoms with van der Waals surface area (Å²) in [5.74, 6) is 0.291. The fourth-order valence-corrected chi connectivity index (χ4v) is 6.47. The van der Waals surface area contributed by atoms with Crippen molar-refractivity contribution in [3.63, 3.8) is 0 Å². The van der Waals surface area contributed by atoms with Crippen LogP contribution < -0.4 is 8.37 Å². The van der Waals surface area contributed by atoms with Gasteiger partial charge in [-0.25, -0.2) is 0 Å². The van der Waals surface area contributed by atoms with Crippen LogP contribution in [0.15, 0.2) is 30.4 Å². The second-order valence-electron chi connectivity index (χ2n) is 9.38. The minimum Gasteiger partial charge on any atom is -0.362 e. The molecule has 0 heterocycles. The van der Waals surface area contributed by atoms with E-state index in [0.29, 0.717) is 17.9 Å². The van der Waals surface area contributed by atoms with E-state index in [4.69, 9.17) is 8.74 Å². The lowest BCUT2D eigenvalue weighted by atomic mass is 9.46. The lowest BCUT2D eigenvalue weighted by molar-refractivity contribution is -0.0490. The first-order valence-electron chi connectivity index (χ1n) is 10.3. The van der Waals surface area contributed by atoms with Crippen molar-refractivity contribution in [2.24, 2.45) is 22.7 Å². The van der Waals surface area contributed by atoms with E-state index in [9.17, 15) is 21.4 Å². The first-order valence-corrected chi connectivity index (χ1v) is 13.0. The SMILES string of the molecule is C=C1CCC[C@H]2[C@](C)(Cc3cc(OS(=O)(=O)O)ccc3OS(=O)(=O)O)[C@H](C)CC[C@]12C. The molecule has 0 radical (unpaired) electrons. The van der Waals surface area contributed by atoms with Crippen molar-refractivity contribution in [3.05, 3.63) is 35.9 Å². The third kappa shape index (κ3) is 5.08. The molecule has 10 heteroatoms. The number of benzene rings is 1. The van der Waals surface area contributed by atoms with Gasteiger partial charge in [0.15, 0.2) is 0 Å². The maximum absolute atomic E-state index is 11.4. The van der Waals surface area contributed by atoms with Gasteiger partial charge < -0.3 is 8.37 Å². The Morgan fingerprint density at radius 3 is 2.35 bits per heavy atom. The van der Waals surface area contributed by atoms with Crippen molar-refractivity contribution in [2.75, 3.05) is 0 Å². The van der Waals surface area contributed by atoms with Gasteiger partial charge >= 0.3 is 20.8 Å². The fourth-order valence-electron chi connectivity index (χ4n) is 5.74. The summed E-state index contributed by atoms with van der Waals surface area (Å²) in [4.78, 5) is 0. The highest BCUT2D eigenvalue weighted by Gasteiger charge is 2.54. The largest absolute Gasteiger partial charge is 0.446 e. The maximum atomic E-state index is 11.4. The Hall–Kier alpha value is -1.62. The van der Waals surface area contributed by atoms with E-state index in [2.05, 4.69) is 31.5 Å². The molecule has 0 bridgehead atoms. The van der Waals surface area contributed by atoms with Crippen LogP contribution in [0.2, 0.25) is 0 Å². The van der Waals surface area contributed by atoms with Gasteiger partial charge in [0.2, 0.25) is 0 Å². The molecule has 0 amide bonds. The molecule has 1 aromatic carbocycles. The summed E-state index contributed by atoms with van der Waals surface area (Å²) in [6.45, 7) is 10.9. The average molecular weight is 475 g/mol. The molecule has 2 aliphatic rings. The summed E-state index contributed by atoms with van der Waals surface area (Å²) in [6, 6.07) is 3.69. The summed E-state index contributed by atoms with van der Waals surface area (Å²) in [5, 5.41) is 0. The zero-order valence-electron chi connectivity index (χ0n) is 18.0. The Bertz CT molecular complexity index is 1080. The number of allylic oxidation sites excluding steroid dienone is 1. The second-order valence-corrected chi connectivity index (χ2v) is 11.4. The molecule has 0 aliphatic heterocycles. The van der Waals surface area contributed by atoms with Crippen molar-refractivity contribution < 1.29 is 34.3 Å². The summed E-state index contributed by atoms with van der Waals surface area (Å²) in [7, 11) is -9.55. The zero-order valence-corrected chi connectivity index (χ0v) is 19.6. The predicted molar refractivity (Wildman–Crippen MR) is 116 cm³/mol. The molecule has 2 fully saturated rings. The molecule has 0 saturated heterocycles. The van der Waals surface area contributed by atoms with Crippen LogP contribution in [0.25, 0.3) is 0 Å². The van der Waals surface area contributed by atoms with Crippen molar-refractivity contribution in [2.45, 2.75) is 59.3 Å². The molecule has 2 N–H and O–H groups in total. The summed E-state index contributed by atoms with van der Waals surface area (Å²) >= 11 is 0. The van der Waals surface area contributed by atoms with Gasteiger partial charge in [-0.3, -0.25) is 9.11 Å². The summed E-state index contributed by atoms with van der Waals surface area (Å²) in [5.41, 5.74) is 1.30. The Labute approximate surface area is 184 Å². The highest BCUT2D eigenvalue weighted by Crippen LogP contribution is 2.62. The number of hydrogen-bond acceptors (Lipinski definition) is 6. The van der Waals surface area contributed by atoms with Crippen molar-refractivity contribution in [1.82, 2.24) is 0 Å². The Kier molecular flexibility index (Phi) is 6.25. The third-order valence-corrected chi connectivity index (χ3v) is 8.36. The van der Waals surface area contributed by atoms with Crippen LogP contribution in [0.4, 0.5) is 0 Å². The number of rotatable bonds is 6. The Morgan fingerprint density at radius 2 is 1.74 bits per heavy atom. The van der Waals surface area contributed by atoms with Crippen LogP contribution in [-0.2, 0) is 27.2 Å². The van der Waals surface area contributed by atoms with E-state index in [1.165, 1.54) is 17.7 Å². The van der Waals surface area contributed by atoms with Gasteiger partial charge in [0, 0.05) is 5.56 Å². The Balaban J connectivity index is 2.07.